The summed E-state index contributed by atoms with van der Waals surface area (Å²) >= 11 is 5.43. The summed E-state index contributed by atoms with van der Waals surface area (Å²) in [6, 6.07) is 0. The molecule has 0 saturated heterocycles. The Balaban J connectivity index is 1.85. The van der Waals surface area contributed by atoms with Crippen LogP contribution in [0, 0.1) is 10.8 Å². The number of hydrogen-bond acceptors (Lipinski definition) is 7. The number of allylic oxidation sites excluding steroid dienone is 2. The predicted molar refractivity (Wildman–Crippen MR) is 176 cm³/mol. The fourth-order valence-electron chi connectivity index (χ4n) is 3.44. The fraction of sp³-hybridized carbons (Fsp3) is 0.520. The number of aryl methyl sites for hydroxylation is 2. The van der Waals surface area contributed by atoms with Gasteiger partial charge in [0.2, 0.25) is 0 Å². The second-order valence-corrected chi connectivity index (χ2v) is 12.3. The van der Waals surface area contributed by atoms with E-state index in [2.05, 4.69) is 53.3 Å². The average molecular weight is 566 g/mol. The minimum absolute atomic E-state index is 0.369. The first-order valence-corrected chi connectivity index (χ1v) is 15.5. The number of amidine groups is 2. The van der Waals surface area contributed by atoms with Gasteiger partial charge in [-0.3, -0.25) is 0 Å². The Labute approximate surface area is 243 Å². The molecule has 0 aromatic carbocycles. The monoisotopic (exact) mass is 566 g/mol. The Morgan fingerprint density at radius 1 is 0.974 bits per heavy atom. The maximum absolute atomic E-state index is 8.51. The Kier molecular flexibility index (Phi) is 15.6. The molecule has 2 aromatic heterocycles. The number of anilines is 2. The fourth-order valence-corrected chi connectivity index (χ4v) is 6.67. The molecule has 0 spiro atoms. The van der Waals surface area contributed by atoms with Crippen molar-refractivity contribution in [3.05, 3.63) is 46.0 Å². The van der Waals surface area contributed by atoms with Crippen LogP contribution in [0.5, 0.6) is 0 Å². The van der Waals surface area contributed by atoms with E-state index in [0.717, 1.165) is 39.7 Å². The van der Waals surface area contributed by atoms with Gasteiger partial charge < -0.3 is 0 Å². The summed E-state index contributed by atoms with van der Waals surface area (Å²) in [5.74, 6) is 3.14. The number of hydrogen-bond donors (Lipinski definition) is 2. The van der Waals surface area contributed by atoms with Gasteiger partial charge in [0.05, 0.1) is 0 Å². The van der Waals surface area contributed by atoms with Gasteiger partial charge in [0.15, 0.2) is 0 Å². The Bertz CT molecular complexity index is 1110. The summed E-state index contributed by atoms with van der Waals surface area (Å²) in [5, 5.41) is 17.0. The molecular formula is C25H38B4N4O2S3. The zero-order chi connectivity index (χ0) is 27.9. The zero-order valence-electron chi connectivity index (χ0n) is 23.2. The van der Waals surface area contributed by atoms with Crippen molar-refractivity contribution in [2.45, 2.75) is 46.5 Å². The molecule has 0 unspecified atom stereocenters. The van der Waals surface area contributed by atoms with Crippen molar-refractivity contribution in [2.75, 3.05) is 48.5 Å². The number of nitrogens with one attached hydrogen (secondary N) is 2. The Morgan fingerprint density at radius 3 is 2.03 bits per heavy atom. The average Bonchev–Trinajstić information content (AvgIpc) is 3.57. The van der Waals surface area contributed by atoms with Gasteiger partial charge in [-0.25, -0.2) is 0 Å². The van der Waals surface area contributed by atoms with Crippen molar-refractivity contribution in [1.29, 1.82) is 10.8 Å². The molecule has 0 aliphatic heterocycles. The first kappa shape index (κ1) is 32.8. The molecule has 2 aromatic rings. The molecule has 6 nitrogen and oxygen atoms in total. The molecule has 0 aliphatic carbocycles. The summed E-state index contributed by atoms with van der Waals surface area (Å²) in [4.78, 5) is 5.96. The van der Waals surface area contributed by atoms with Crippen molar-refractivity contribution < 1.29 is 9.47 Å². The van der Waals surface area contributed by atoms with Crippen LogP contribution in [0.15, 0.2) is 36.5 Å². The predicted octanol–water partition coefficient (Wildman–Crippen LogP) is 5.33. The van der Waals surface area contributed by atoms with E-state index < -0.39 is 0 Å². The molecule has 2 heterocycles. The zero-order valence-corrected chi connectivity index (χ0v) is 25.6. The topological polar surface area (TPSA) is 72.6 Å². The van der Waals surface area contributed by atoms with Crippen molar-refractivity contribution in [1.82, 2.24) is 0 Å². The third kappa shape index (κ3) is 11.0. The Morgan fingerprint density at radius 2 is 1.53 bits per heavy atom. The second-order valence-electron chi connectivity index (χ2n) is 8.73. The molecule has 0 bridgehead atoms. The standard InChI is InChI=1S/C25H38B4N4O2S3/c1-7-18(4)14-22(30)32(16-34-6)24-28-26-20(37-24)10-12-36-13-11-21-27-29-25(38-21)33(17-35-9-3)23(31)15-19(5)8-2/h7-8,30-31H,2,5,9-17H2,1,3-4,6H3/b18-7+,30-22?,31-23?. The molecule has 0 amide bonds. The van der Waals surface area contributed by atoms with Crippen molar-refractivity contribution in [3.8, 4) is 0 Å². The molecule has 0 aliphatic rings. The molecule has 0 fully saturated rings. The van der Waals surface area contributed by atoms with Gasteiger partial charge in [0, 0.05) is 0 Å². The summed E-state index contributed by atoms with van der Waals surface area (Å²) < 4.78 is 13.6. The van der Waals surface area contributed by atoms with Gasteiger partial charge in [0.25, 0.3) is 0 Å². The van der Waals surface area contributed by atoms with Crippen LogP contribution in [0.4, 0.5) is 9.79 Å². The molecule has 200 valence electrons. The number of thioether (sulfide) groups is 1. The molecule has 2 N–H and O–H groups in total. The van der Waals surface area contributed by atoms with Crippen LogP contribution < -0.4 is 9.80 Å². The second kappa shape index (κ2) is 18.1. The Hall–Kier alpha value is -1.39. The van der Waals surface area contributed by atoms with Crippen LogP contribution in [0.2, 0.25) is 0 Å². The third-order valence-electron chi connectivity index (χ3n) is 5.77. The molecule has 0 radical (unpaired) electrons. The van der Waals surface area contributed by atoms with Crippen LogP contribution in [0.25, 0.3) is 0 Å². The van der Waals surface area contributed by atoms with E-state index in [4.69, 9.17) is 20.3 Å². The van der Waals surface area contributed by atoms with Gasteiger partial charge in [-0.1, -0.05) is 0 Å². The first-order valence-electron chi connectivity index (χ1n) is 12.8. The van der Waals surface area contributed by atoms with E-state index in [1.54, 1.807) is 35.9 Å². The van der Waals surface area contributed by atoms with Gasteiger partial charge in [-0.05, 0) is 0 Å². The van der Waals surface area contributed by atoms with Crippen LogP contribution in [-0.2, 0) is 22.3 Å². The third-order valence-corrected chi connectivity index (χ3v) is 9.09. The minimum atomic E-state index is 0.369. The molecular weight excluding hydrogens is 528 g/mol. The maximum atomic E-state index is 8.51. The van der Waals surface area contributed by atoms with Gasteiger partial charge in [0.1, 0.15) is 0 Å². The van der Waals surface area contributed by atoms with Gasteiger partial charge in [-0.15, -0.1) is 0 Å². The molecule has 38 heavy (non-hydrogen) atoms. The van der Waals surface area contributed by atoms with E-state index in [1.165, 1.54) is 15.1 Å². The van der Waals surface area contributed by atoms with Gasteiger partial charge >= 0.3 is 244 Å². The van der Waals surface area contributed by atoms with Crippen LogP contribution in [0.3, 0.4) is 0 Å². The molecule has 0 atom stereocenters. The number of ether oxygens (including phenoxy) is 2. The molecule has 2 rings (SSSR count). The van der Waals surface area contributed by atoms with Crippen molar-refractivity contribution in [3.63, 3.8) is 0 Å². The van der Waals surface area contributed by atoms with Crippen LogP contribution in [0.1, 0.15) is 43.2 Å². The molecule has 0 saturated carbocycles. The van der Waals surface area contributed by atoms with Crippen molar-refractivity contribution in [2.24, 2.45) is 0 Å². The first-order chi connectivity index (χ1) is 18.3. The quantitative estimate of drug-likeness (QED) is 0.0638. The van der Waals surface area contributed by atoms with E-state index in [9.17, 15) is 0 Å². The number of methoxy groups -OCH3 is 1. The summed E-state index contributed by atoms with van der Waals surface area (Å²) in [7, 11) is 1.67. The van der Waals surface area contributed by atoms with Crippen LogP contribution in [-0.4, -0.2) is 77.5 Å². The SMILES string of the molecule is C=CC(=C)CC(=N)N(COCC)c1bbc(CCSCCc2bbc(N(COC)C(=N)C/C(C)=C/C)s2)s1. The number of rotatable bonds is 18. The van der Waals surface area contributed by atoms with E-state index >= 15 is 0 Å². The normalized spacial score (nSPS) is 11.0. The molecule has 13 heteroatoms. The van der Waals surface area contributed by atoms with E-state index in [0.29, 0.717) is 44.6 Å². The number of nitrogens with zero attached hydrogens (tertiary/aromatic N) is 2. The summed E-state index contributed by atoms with van der Waals surface area (Å²) in [6.45, 7) is 23.6. The van der Waals surface area contributed by atoms with E-state index in [-0.39, 0.29) is 0 Å². The van der Waals surface area contributed by atoms with Gasteiger partial charge in [-0.2, -0.15) is 0 Å². The van der Waals surface area contributed by atoms with E-state index in [1.807, 2.05) is 35.4 Å². The summed E-state index contributed by atoms with van der Waals surface area (Å²) in [5.41, 5.74) is 2.01. The summed E-state index contributed by atoms with van der Waals surface area (Å²) in [6.07, 6.45) is 6.86. The van der Waals surface area contributed by atoms with Crippen LogP contribution >= 0.6 is 34.4 Å². The van der Waals surface area contributed by atoms with Crippen molar-refractivity contribution >= 4 is 83.1 Å².